The van der Waals surface area contributed by atoms with Crippen molar-refractivity contribution >= 4 is 29.2 Å². The smallest absolute Gasteiger partial charge is 0.256 e. The third kappa shape index (κ3) is 1.35. The van der Waals surface area contributed by atoms with Crippen LogP contribution in [0.1, 0.15) is 5.56 Å². The Kier molecular flexibility index (Phi) is 1.93. The highest BCUT2D eigenvalue weighted by molar-refractivity contribution is 6.34. The Bertz CT molecular complexity index is 555. The summed E-state index contributed by atoms with van der Waals surface area (Å²) in [6.45, 7) is 0.600. The summed E-state index contributed by atoms with van der Waals surface area (Å²) < 4.78 is 0. The van der Waals surface area contributed by atoms with E-state index >= 15 is 0 Å². The molecule has 2 aliphatic rings. The second-order valence-electron chi connectivity index (χ2n) is 3.57. The van der Waals surface area contributed by atoms with Gasteiger partial charge in [0.1, 0.15) is 5.84 Å². The molecule has 1 amide bonds. The summed E-state index contributed by atoms with van der Waals surface area (Å²) in [6, 6.07) is 7.60. The van der Waals surface area contributed by atoms with Crippen molar-refractivity contribution in [2.75, 3.05) is 11.9 Å². The van der Waals surface area contributed by atoms with E-state index in [2.05, 4.69) is 15.3 Å². The van der Waals surface area contributed by atoms with Crippen LogP contribution in [0.3, 0.4) is 0 Å². The zero-order valence-corrected chi connectivity index (χ0v) is 8.47. The normalized spacial score (nSPS) is 19.9. The van der Waals surface area contributed by atoms with Gasteiger partial charge in [-0.25, -0.2) is 4.99 Å². The number of fused-ring (bicyclic) bond motifs is 1. The number of nitrogens with one attached hydrogen (secondary N) is 1. The molecule has 78 valence electrons. The van der Waals surface area contributed by atoms with Crippen LogP contribution in [0.2, 0.25) is 0 Å². The molecular weight excluding hydrogens is 202 g/mol. The molecule has 16 heavy (non-hydrogen) atoms. The number of aliphatic imine (C=N–C) groups is 2. The van der Waals surface area contributed by atoms with Gasteiger partial charge in [0.2, 0.25) is 0 Å². The van der Waals surface area contributed by atoms with Crippen molar-refractivity contribution in [2.24, 2.45) is 9.98 Å². The Morgan fingerprint density at radius 2 is 2.19 bits per heavy atom. The Labute approximate surface area is 92.4 Å². The number of carbonyl (C=O) groups is 1. The van der Waals surface area contributed by atoms with Gasteiger partial charge in [0, 0.05) is 17.5 Å². The predicted molar refractivity (Wildman–Crippen MR) is 63.8 cm³/mol. The first-order valence-electron chi connectivity index (χ1n) is 5.04. The van der Waals surface area contributed by atoms with Gasteiger partial charge in [-0.1, -0.05) is 18.2 Å². The Morgan fingerprint density at radius 3 is 3.00 bits per heavy atom. The number of carbonyl (C=O) groups excluding carboxylic acids is 1. The van der Waals surface area contributed by atoms with Crippen LogP contribution in [0.25, 0.3) is 5.57 Å². The third-order valence-electron chi connectivity index (χ3n) is 2.54. The molecule has 2 aliphatic heterocycles. The van der Waals surface area contributed by atoms with E-state index in [4.69, 9.17) is 0 Å². The molecule has 0 saturated heterocycles. The number of hydrogen-bond donors (Lipinski definition) is 1. The quantitative estimate of drug-likeness (QED) is 0.703. The fourth-order valence-electron chi connectivity index (χ4n) is 1.80. The molecule has 0 unspecified atom stereocenters. The second kappa shape index (κ2) is 3.41. The fourth-order valence-corrected chi connectivity index (χ4v) is 1.80. The van der Waals surface area contributed by atoms with Crippen LogP contribution in [0.15, 0.2) is 40.3 Å². The van der Waals surface area contributed by atoms with Gasteiger partial charge in [-0.3, -0.25) is 9.79 Å². The molecule has 1 aromatic carbocycles. The summed E-state index contributed by atoms with van der Waals surface area (Å²) in [5.41, 5.74) is 2.40. The molecule has 0 aliphatic carbocycles. The number of para-hydroxylation sites is 1. The molecule has 1 N–H and O–H groups in total. The monoisotopic (exact) mass is 211 g/mol. The summed E-state index contributed by atoms with van der Waals surface area (Å²) in [5.74, 6) is 0.521. The van der Waals surface area contributed by atoms with Crippen LogP contribution in [-0.4, -0.2) is 24.5 Å². The molecule has 4 heteroatoms. The highest BCUT2D eigenvalue weighted by Gasteiger charge is 2.23. The SMILES string of the molecule is O=C1Nc2ccccc2/C1=C/C1=NCC=N1. The highest BCUT2D eigenvalue weighted by atomic mass is 16.2. The maximum atomic E-state index is 11.7. The molecule has 0 radical (unpaired) electrons. The lowest BCUT2D eigenvalue weighted by Gasteiger charge is -1.95. The van der Waals surface area contributed by atoms with Gasteiger partial charge in [-0.2, -0.15) is 0 Å². The number of amidine groups is 1. The number of amides is 1. The minimum absolute atomic E-state index is 0.0917. The number of hydrogen-bond acceptors (Lipinski definition) is 3. The van der Waals surface area contributed by atoms with E-state index in [0.717, 1.165) is 11.3 Å². The molecule has 0 spiro atoms. The van der Waals surface area contributed by atoms with E-state index < -0.39 is 0 Å². The highest BCUT2D eigenvalue weighted by Crippen LogP contribution is 2.31. The molecule has 0 bridgehead atoms. The number of anilines is 1. The first-order valence-corrected chi connectivity index (χ1v) is 5.04. The summed E-state index contributed by atoms with van der Waals surface area (Å²) >= 11 is 0. The van der Waals surface area contributed by atoms with Crippen molar-refractivity contribution < 1.29 is 4.79 Å². The van der Waals surface area contributed by atoms with Gasteiger partial charge in [0.25, 0.3) is 5.91 Å². The summed E-state index contributed by atoms with van der Waals surface area (Å²) in [6.07, 6.45) is 3.45. The lowest BCUT2D eigenvalue weighted by atomic mass is 10.1. The number of rotatable bonds is 1. The summed E-state index contributed by atoms with van der Waals surface area (Å²) in [5, 5.41) is 2.81. The van der Waals surface area contributed by atoms with Crippen LogP contribution < -0.4 is 5.32 Å². The molecule has 0 saturated carbocycles. The molecule has 0 aromatic heterocycles. The van der Waals surface area contributed by atoms with E-state index in [1.54, 1.807) is 12.3 Å². The first-order chi connectivity index (χ1) is 7.84. The first kappa shape index (κ1) is 9.03. The molecule has 0 fully saturated rings. The Hall–Kier alpha value is -2.23. The van der Waals surface area contributed by atoms with Crippen molar-refractivity contribution in [3.8, 4) is 0 Å². The van der Waals surface area contributed by atoms with Crippen molar-refractivity contribution in [1.82, 2.24) is 0 Å². The molecule has 3 rings (SSSR count). The predicted octanol–water partition coefficient (Wildman–Crippen LogP) is 1.50. The fraction of sp³-hybridized carbons (Fsp3) is 0.0833. The Morgan fingerprint density at radius 1 is 1.31 bits per heavy atom. The molecule has 4 nitrogen and oxygen atoms in total. The van der Waals surface area contributed by atoms with Crippen LogP contribution >= 0.6 is 0 Å². The van der Waals surface area contributed by atoms with Gasteiger partial charge in [-0.05, 0) is 12.1 Å². The lowest BCUT2D eigenvalue weighted by molar-refractivity contribution is -0.110. The van der Waals surface area contributed by atoms with Gasteiger partial charge < -0.3 is 5.32 Å². The van der Waals surface area contributed by atoms with Gasteiger partial charge in [-0.15, -0.1) is 0 Å². The third-order valence-corrected chi connectivity index (χ3v) is 2.54. The topological polar surface area (TPSA) is 53.8 Å². The van der Waals surface area contributed by atoms with Gasteiger partial charge in [0.15, 0.2) is 0 Å². The van der Waals surface area contributed by atoms with Gasteiger partial charge in [0.05, 0.1) is 12.1 Å². The van der Waals surface area contributed by atoms with E-state index in [9.17, 15) is 4.79 Å². The van der Waals surface area contributed by atoms with Crippen LogP contribution in [0.4, 0.5) is 5.69 Å². The largest absolute Gasteiger partial charge is 0.321 e. The maximum absolute atomic E-state index is 11.7. The van der Waals surface area contributed by atoms with Crippen LogP contribution in [0, 0.1) is 0 Å². The van der Waals surface area contributed by atoms with E-state index in [-0.39, 0.29) is 5.91 Å². The average molecular weight is 211 g/mol. The van der Waals surface area contributed by atoms with Crippen molar-refractivity contribution in [2.45, 2.75) is 0 Å². The van der Waals surface area contributed by atoms with E-state index in [1.807, 2.05) is 24.3 Å². The van der Waals surface area contributed by atoms with E-state index in [0.29, 0.717) is 18.0 Å². The lowest BCUT2D eigenvalue weighted by Crippen LogP contribution is -2.04. The Balaban J connectivity index is 2.08. The molecule has 1 aromatic rings. The maximum Gasteiger partial charge on any atom is 0.256 e. The standard InChI is InChI=1S/C12H9N3O/c16-12-9(7-11-13-5-6-14-11)8-3-1-2-4-10(8)15-12/h1-5,7H,6H2,(H,15,16)/b9-7-. The van der Waals surface area contributed by atoms with Crippen molar-refractivity contribution in [1.29, 1.82) is 0 Å². The number of benzene rings is 1. The minimum atomic E-state index is -0.0917. The van der Waals surface area contributed by atoms with Crippen molar-refractivity contribution in [3.63, 3.8) is 0 Å². The zero-order chi connectivity index (χ0) is 11.0. The molecule has 2 heterocycles. The molecule has 0 atom stereocenters. The van der Waals surface area contributed by atoms with Crippen LogP contribution in [0.5, 0.6) is 0 Å². The second-order valence-corrected chi connectivity index (χ2v) is 3.57. The van der Waals surface area contributed by atoms with Crippen LogP contribution in [-0.2, 0) is 4.79 Å². The minimum Gasteiger partial charge on any atom is -0.321 e. The van der Waals surface area contributed by atoms with Gasteiger partial charge >= 0.3 is 0 Å². The van der Waals surface area contributed by atoms with Crippen molar-refractivity contribution in [3.05, 3.63) is 35.9 Å². The average Bonchev–Trinajstić information content (AvgIpc) is 2.89. The zero-order valence-electron chi connectivity index (χ0n) is 8.47. The summed E-state index contributed by atoms with van der Waals surface area (Å²) in [4.78, 5) is 20.0. The number of nitrogens with zero attached hydrogens (tertiary/aromatic N) is 2. The molecular formula is C12H9N3O. The summed E-state index contributed by atoms with van der Waals surface area (Å²) in [7, 11) is 0. The van der Waals surface area contributed by atoms with E-state index in [1.165, 1.54) is 0 Å².